The summed E-state index contributed by atoms with van der Waals surface area (Å²) >= 11 is 0. The van der Waals surface area contributed by atoms with Crippen molar-refractivity contribution in [2.24, 2.45) is 7.05 Å². The SMILES string of the molecule is Cn1cncc1C(=O)NC1(CO)CCCCC1. The Hall–Kier alpha value is -1.36. The molecule has 1 saturated carbocycles. The summed E-state index contributed by atoms with van der Waals surface area (Å²) in [5.74, 6) is -0.152. The predicted octanol–water partition coefficient (Wildman–Crippen LogP) is 0.845. The molecule has 0 bridgehead atoms. The van der Waals surface area contributed by atoms with E-state index >= 15 is 0 Å². The van der Waals surface area contributed by atoms with E-state index in [1.807, 2.05) is 0 Å². The zero-order valence-electron chi connectivity index (χ0n) is 10.1. The second-order valence-electron chi connectivity index (χ2n) is 4.84. The van der Waals surface area contributed by atoms with E-state index in [9.17, 15) is 9.90 Å². The van der Waals surface area contributed by atoms with Crippen molar-refractivity contribution >= 4 is 5.91 Å². The monoisotopic (exact) mass is 237 g/mol. The second kappa shape index (κ2) is 4.87. The Morgan fingerprint density at radius 2 is 2.24 bits per heavy atom. The molecule has 17 heavy (non-hydrogen) atoms. The number of carbonyl (C=O) groups excluding carboxylic acids is 1. The molecule has 2 N–H and O–H groups in total. The summed E-state index contributed by atoms with van der Waals surface area (Å²) in [6.45, 7) is 0.0105. The van der Waals surface area contributed by atoms with Crippen molar-refractivity contribution < 1.29 is 9.90 Å². The highest BCUT2D eigenvalue weighted by atomic mass is 16.3. The molecule has 1 heterocycles. The van der Waals surface area contributed by atoms with E-state index in [1.54, 1.807) is 24.1 Å². The molecular weight excluding hydrogens is 218 g/mol. The van der Waals surface area contributed by atoms with E-state index in [0.717, 1.165) is 25.7 Å². The smallest absolute Gasteiger partial charge is 0.270 e. The van der Waals surface area contributed by atoms with E-state index in [-0.39, 0.29) is 12.5 Å². The van der Waals surface area contributed by atoms with Crippen LogP contribution in [0.2, 0.25) is 0 Å². The van der Waals surface area contributed by atoms with Gasteiger partial charge in [-0.05, 0) is 12.8 Å². The molecule has 1 amide bonds. The third kappa shape index (κ3) is 2.49. The van der Waals surface area contributed by atoms with E-state index in [0.29, 0.717) is 5.69 Å². The molecule has 0 aliphatic heterocycles. The van der Waals surface area contributed by atoms with Crippen molar-refractivity contribution in [3.05, 3.63) is 18.2 Å². The Balaban J connectivity index is 2.08. The van der Waals surface area contributed by atoms with Crippen LogP contribution in [0.15, 0.2) is 12.5 Å². The zero-order valence-corrected chi connectivity index (χ0v) is 10.1. The third-order valence-corrected chi connectivity index (χ3v) is 3.54. The number of aliphatic hydroxyl groups excluding tert-OH is 1. The number of nitrogens with one attached hydrogen (secondary N) is 1. The van der Waals surface area contributed by atoms with Gasteiger partial charge in [0.05, 0.1) is 24.7 Å². The van der Waals surface area contributed by atoms with E-state index in [1.165, 1.54) is 6.42 Å². The van der Waals surface area contributed by atoms with Crippen LogP contribution in [0.5, 0.6) is 0 Å². The first-order valence-corrected chi connectivity index (χ1v) is 6.07. The van der Waals surface area contributed by atoms with Gasteiger partial charge in [-0.1, -0.05) is 19.3 Å². The first-order chi connectivity index (χ1) is 8.17. The van der Waals surface area contributed by atoms with Crippen LogP contribution in [0, 0.1) is 0 Å². The van der Waals surface area contributed by atoms with Gasteiger partial charge in [0.1, 0.15) is 5.69 Å². The summed E-state index contributed by atoms with van der Waals surface area (Å²) in [5.41, 5.74) is 0.1000. The van der Waals surface area contributed by atoms with Gasteiger partial charge >= 0.3 is 0 Å². The summed E-state index contributed by atoms with van der Waals surface area (Å²) in [6, 6.07) is 0. The molecule has 0 spiro atoms. The molecule has 1 aliphatic rings. The highest BCUT2D eigenvalue weighted by molar-refractivity contribution is 5.92. The van der Waals surface area contributed by atoms with Gasteiger partial charge in [-0.25, -0.2) is 4.98 Å². The van der Waals surface area contributed by atoms with Crippen molar-refractivity contribution in [2.75, 3.05) is 6.61 Å². The van der Waals surface area contributed by atoms with Crippen LogP contribution in [-0.4, -0.2) is 32.7 Å². The number of hydrogen-bond acceptors (Lipinski definition) is 3. The van der Waals surface area contributed by atoms with Gasteiger partial charge < -0.3 is 15.0 Å². The first kappa shape index (κ1) is 12.1. The Morgan fingerprint density at radius 3 is 2.76 bits per heavy atom. The molecule has 1 aromatic heterocycles. The lowest BCUT2D eigenvalue weighted by Crippen LogP contribution is -2.52. The Kier molecular flexibility index (Phi) is 3.47. The number of amides is 1. The van der Waals surface area contributed by atoms with Gasteiger partial charge in [-0.15, -0.1) is 0 Å². The summed E-state index contributed by atoms with van der Waals surface area (Å²) in [6.07, 6.45) is 8.16. The third-order valence-electron chi connectivity index (χ3n) is 3.54. The van der Waals surface area contributed by atoms with E-state index in [4.69, 9.17) is 0 Å². The predicted molar refractivity (Wildman–Crippen MR) is 63.6 cm³/mol. The van der Waals surface area contributed by atoms with Crippen molar-refractivity contribution in [1.29, 1.82) is 0 Å². The largest absolute Gasteiger partial charge is 0.394 e. The number of aryl methyl sites for hydroxylation is 1. The van der Waals surface area contributed by atoms with Crippen LogP contribution in [0.3, 0.4) is 0 Å². The molecule has 0 radical (unpaired) electrons. The van der Waals surface area contributed by atoms with Gasteiger partial charge in [0.15, 0.2) is 0 Å². The van der Waals surface area contributed by atoms with Crippen molar-refractivity contribution in [1.82, 2.24) is 14.9 Å². The van der Waals surface area contributed by atoms with E-state index in [2.05, 4.69) is 10.3 Å². The number of hydrogen-bond donors (Lipinski definition) is 2. The highest BCUT2D eigenvalue weighted by Crippen LogP contribution is 2.28. The Bertz CT molecular complexity index is 394. The fourth-order valence-corrected chi connectivity index (χ4v) is 2.43. The summed E-state index contributed by atoms with van der Waals surface area (Å²) in [7, 11) is 1.79. The minimum Gasteiger partial charge on any atom is -0.394 e. The topological polar surface area (TPSA) is 67.2 Å². The van der Waals surface area contributed by atoms with Crippen LogP contribution in [0.25, 0.3) is 0 Å². The van der Waals surface area contributed by atoms with Gasteiger partial charge in [0.2, 0.25) is 0 Å². The van der Waals surface area contributed by atoms with Crippen LogP contribution in [-0.2, 0) is 7.05 Å². The van der Waals surface area contributed by atoms with E-state index < -0.39 is 5.54 Å². The molecule has 1 aliphatic carbocycles. The fraction of sp³-hybridized carbons (Fsp3) is 0.667. The molecule has 1 aromatic rings. The number of nitrogens with zero attached hydrogens (tertiary/aromatic N) is 2. The zero-order chi connectivity index (χ0) is 12.3. The van der Waals surface area contributed by atoms with Gasteiger partial charge in [0.25, 0.3) is 5.91 Å². The van der Waals surface area contributed by atoms with Crippen molar-refractivity contribution in [2.45, 2.75) is 37.6 Å². The van der Waals surface area contributed by atoms with Gasteiger partial charge in [-0.2, -0.15) is 0 Å². The van der Waals surface area contributed by atoms with Crippen LogP contribution < -0.4 is 5.32 Å². The highest BCUT2D eigenvalue weighted by Gasteiger charge is 2.33. The second-order valence-corrected chi connectivity index (χ2v) is 4.84. The Labute approximate surface area is 101 Å². The molecule has 5 nitrogen and oxygen atoms in total. The lowest BCUT2D eigenvalue weighted by Gasteiger charge is -2.36. The molecule has 0 saturated heterocycles. The fourth-order valence-electron chi connectivity index (χ4n) is 2.43. The molecule has 0 unspecified atom stereocenters. The van der Waals surface area contributed by atoms with Crippen LogP contribution in [0.1, 0.15) is 42.6 Å². The molecule has 2 rings (SSSR count). The number of aromatic nitrogens is 2. The number of imidazole rings is 1. The average Bonchev–Trinajstić information content (AvgIpc) is 2.77. The van der Waals surface area contributed by atoms with Crippen LogP contribution >= 0.6 is 0 Å². The number of rotatable bonds is 3. The lowest BCUT2D eigenvalue weighted by molar-refractivity contribution is 0.0751. The maximum absolute atomic E-state index is 12.1. The molecule has 94 valence electrons. The molecular formula is C12H19N3O2. The molecule has 1 fully saturated rings. The van der Waals surface area contributed by atoms with Gasteiger partial charge in [0, 0.05) is 7.05 Å². The van der Waals surface area contributed by atoms with Crippen molar-refractivity contribution in [3.63, 3.8) is 0 Å². The quantitative estimate of drug-likeness (QED) is 0.818. The summed E-state index contributed by atoms with van der Waals surface area (Å²) < 4.78 is 1.68. The maximum Gasteiger partial charge on any atom is 0.270 e. The minimum atomic E-state index is -0.431. The van der Waals surface area contributed by atoms with Crippen LogP contribution in [0.4, 0.5) is 0 Å². The Morgan fingerprint density at radius 1 is 1.53 bits per heavy atom. The molecule has 0 atom stereocenters. The summed E-state index contributed by atoms with van der Waals surface area (Å²) in [5, 5.41) is 12.5. The minimum absolute atomic E-state index is 0.0105. The van der Waals surface area contributed by atoms with Gasteiger partial charge in [-0.3, -0.25) is 4.79 Å². The normalized spacial score (nSPS) is 18.9. The summed E-state index contributed by atoms with van der Waals surface area (Å²) in [4.78, 5) is 16.0. The van der Waals surface area contributed by atoms with Crippen molar-refractivity contribution in [3.8, 4) is 0 Å². The average molecular weight is 237 g/mol. The number of carbonyl (C=O) groups is 1. The maximum atomic E-state index is 12.1. The number of aliphatic hydroxyl groups is 1. The first-order valence-electron chi connectivity index (χ1n) is 6.07. The molecule has 5 heteroatoms. The standard InChI is InChI=1S/C12H19N3O2/c1-15-9-13-7-10(15)11(17)14-12(8-16)5-3-2-4-6-12/h7,9,16H,2-6,8H2,1H3,(H,14,17). The lowest BCUT2D eigenvalue weighted by atomic mass is 9.82. The molecule has 0 aromatic carbocycles.